The molecule has 0 aliphatic heterocycles. The number of aromatic amines is 1. The van der Waals surface area contributed by atoms with Gasteiger partial charge in [-0.05, 0) is 12.1 Å². The normalized spacial score (nSPS) is 10.1. The van der Waals surface area contributed by atoms with Gasteiger partial charge >= 0.3 is 11.9 Å². The summed E-state index contributed by atoms with van der Waals surface area (Å²) in [6.07, 6.45) is 3.00. The first-order valence-electron chi connectivity index (χ1n) is 4.56. The van der Waals surface area contributed by atoms with Crippen LogP contribution >= 0.6 is 0 Å². The number of carboxylic acid groups (broad SMARTS) is 2. The summed E-state index contributed by atoms with van der Waals surface area (Å²) in [7, 11) is 0. The smallest absolute Gasteiger partial charge is 0.357 e. The molecular weight excluding hydrogens is 226 g/mol. The van der Waals surface area contributed by atoms with Gasteiger partial charge in [-0.2, -0.15) is 0 Å². The van der Waals surface area contributed by atoms with Crippen molar-refractivity contribution in [2.24, 2.45) is 0 Å². The Morgan fingerprint density at radius 1 is 1.12 bits per heavy atom. The highest BCUT2D eigenvalue weighted by Gasteiger charge is 2.22. The molecule has 0 aliphatic carbocycles. The first kappa shape index (κ1) is 10.8. The molecule has 7 nitrogen and oxygen atoms in total. The molecule has 17 heavy (non-hydrogen) atoms. The van der Waals surface area contributed by atoms with E-state index in [0.29, 0.717) is 5.56 Å². The predicted octanol–water partition coefficient (Wildman–Crippen LogP) is 0.868. The minimum Gasteiger partial charge on any atom is -0.477 e. The molecule has 0 spiro atoms. The van der Waals surface area contributed by atoms with Crippen LogP contribution in [-0.4, -0.2) is 37.1 Å². The van der Waals surface area contributed by atoms with Crippen LogP contribution in [0.1, 0.15) is 21.0 Å². The molecule has 2 heterocycles. The van der Waals surface area contributed by atoms with Gasteiger partial charge in [0.25, 0.3) is 0 Å². The first-order chi connectivity index (χ1) is 8.09. The molecule has 2 aromatic rings. The Morgan fingerprint density at radius 3 is 2.24 bits per heavy atom. The molecule has 0 radical (unpaired) electrons. The summed E-state index contributed by atoms with van der Waals surface area (Å²) >= 11 is 0. The van der Waals surface area contributed by atoms with E-state index < -0.39 is 23.3 Å². The van der Waals surface area contributed by atoms with E-state index in [1.807, 2.05) is 0 Å². The topological polar surface area (TPSA) is 116 Å². The molecule has 0 aliphatic rings. The number of hydrogen-bond acceptors (Lipinski definition) is 4. The van der Waals surface area contributed by atoms with Crippen LogP contribution in [0.5, 0.6) is 0 Å². The van der Waals surface area contributed by atoms with Gasteiger partial charge in [-0.15, -0.1) is 0 Å². The van der Waals surface area contributed by atoms with Crippen molar-refractivity contribution in [2.45, 2.75) is 0 Å². The number of aromatic carboxylic acids is 2. The maximum Gasteiger partial charge on any atom is 0.357 e. The van der Waals surface area contributed by atoms with Crippen LogP contribution in [0.4, 0.5) is 0 Å². The second-order valence-corrected chi connectivity index (χ2v) is 3.16. The number of carboxylic acids is 2. The highest BCUT2D eigenvalue weighted by molar-refractivity contribution is 5.99. The van der Waals surface area contributed by atoms with Gasteiger partial charge in [0.05, 0.1) is 0 Å². The van der Waals surface area contributed by atoms with E-state index in [0.717, 1.165) is 0 Å². The lowest BCUT2D eigenvalue weighted by molar-refractivity contribution is 0.0644. The van der Waals surface area contributed by atoms with E-state index in [4.69, 9.17) is 10.2 Å². The van der Waals surface area contributed by atoms with Gasteiger partial charge in [0.15, 0.2) is 11.4 Å². The summed E-state index contributed by atoms with van der Waals surface area (Å²) in [5, 5.41) is 17.6. The zero-order valence-electron chi connectivity index (χ0n) is 8.41. The lowest BCUT2D eigenvalue weighted by Gasteiger charge is -1.93. The van der Waals surface area contributed by atoms with Gasteiger partial charge < -0.3 is 15.2 Å². The van der Waals surface area contributed by atoms with E-state index >= 15 is 0 Å². The van der Waals surface area contributed by atoms with Gasteiger partial charge in [0, 0.05) is 18.0 Å². The number of hydrogen-bond donors (Lipinski definition) is 3. The van der Waals surface area contributed by atoms with Crippen LogP contribution in [0, 0.1) is 0 Å². The fraction of sp³-hybridized carbons (Fsp3) is 0. The Morgan fingerprint density at radius 2 is 1.76 bits per heavy atom. The summed E-state index contributed by atoms with van der Waals surface area (Å²) in [5.41, 5.74) is -0.386. The monoisotopic (exact) mass is 233 g/mol. The molecule has 7 heteroatoms. The number of nitrogens with one attached hydrogen (secondary N) is 1. The van der Waals surface area contributed by atoms with Gasteiger partial charge in [-0.1, -0.05) is 0 Å². The summed E-state index contributed by atoms with van der Waals surface area (Å²) in [4.78, 5) is 31.6. The molecule has 0 atom stereocenters. The van der Waals surface area contributed by atoms with Crippen molar-refractivity contribution in [1.82, 2.24) is 15.0 Å². The summed E-state index contributed by atoms with van der Waals surface area (Å²) in [5.74, 6) is -2.57. The standard InChI is InChI=1S/C10H7N3O4/c14-9(15)6-7(10(16)17)13-8(12-6)5-1-3-11-4-2-5/h1-4H,(H,12,13)(H,14,15)(H,16,17). The van der Waals surface area contributed by atoms with Crippen LogP contribution in [0.2, 0.25) is 0 Å². The van der Waals surface area contributed by atoms with Gasteiger partial charge in [0.2, 0.25) is 0 Å². The van der Waals surface area contributed by atoms with Crippen LogP contribution in [-0.2, 0) is 0 Å². The fourth-order valence-electron chi connectivity index (χ4n) is 1.33. The molecule has 2 aromatic heterocycles. The molecule has 86 valence electrons. The summed E-state index contributed by atoms with van der Waals surface area (Å²) in [6, 6.07) is 3.19. The number of nitrogens with zero attached hydrogens (tertiary/aromatic N) is 2. The Labute approximate surface area is 94.8 Å². The van der Waals surface area contributed by atoms with Crippen LogP contribution in [0.15, 0.2) is 24.5 Å². The number of carbonyl (C=O) groups is 2. The lowest BCUT2D eigenvalue weighted by atomic mass is 10.2. The minimum absolute atomic E-state index is 0.183. The van der Waals surface area contributed by atoms with Crippen molar-refractivity contribution in [3.63, 3.8) is 0 Å². The zero-order valence-corrected chi connectivity index (χ0v) is 8.41. The third kappa shape index (κ3) is 1.98. The number of imidazole rings is 1. The molecule has 2 rings (SSSR count). The number of H-pyrrole nitrogens is 1. The Hall–Kier alpha value is -2.70. The van der Waals surface area contributed by atoms with Crippen molar-refractivity contribution in [2.75, 3.05) is 0 Å². The molecule has 0 bridgehead atoms. The highest BCUT2D eigenvalue weighted by atomic mass is 16.4. The zero-order chi connectivity index (χ0) is 12.4. The minimum atomic E-state index is -1.39. The van der Waals surface area contributed by atoms with E-state index in [9.17, 15) is 9.59 Å². The number of rotatable bonds is 3. The molecule has 0 unspecified atom stereocenters. The Bertz CT molecular complexity index is 545. The second kappa shape index (κ2) is 4.05. The molecule has 0 amide bonds. The second-order valence-electron chi connectivity index (χ2n) is 3.16. The predicted molar refractivity (Wildman–Crippen MR) is 55.7 cm³/mol. The maximum atomic E-state index is 10.8. The van der Waals surface area contributed by atoms with Gasteiger partial charge in [-0.3, -0.25) is 4.98 Å². The molecule has 3 N–H and O–H groups in total. The Kier molecular flexibility index (Phi) is 2.57. The average Bonchev–Trinajstić information content (AvgIpc) is 2.75. The van der Waals surface area contributed by atoms with Crippen LogP contribution in [0.25, 0.3) is 11.4 Å². The van der Waals surface area contributed by atoms with Crippen molar-refractivity contribution in [1.29, 1.82) is 0 Å². The molecule has 0 saturated heterocycles. The maximum absolute atomic E-state index is 10.8. The largest absolute Gasteiger partial charge is 0.477 e. The van der Waals surface area contributed by atoms with Gasteiger partial charge in [-0.25, -0.2) is 14.6 Å². The quantitative estimate of drug-likeness (QED) is 0.724. The average molecular weight is 233 g/mol. The molecule has 0 aromatic carbocycles. The van der Waals surface area contributed by atoms with E-state index in [1.165, 1.54) is 12.4 Å². The van der Waals surface area contributed by atoms with Crippen molar-refractivity contribution < 1.29 is 19.8 Å². The van der Waals surface area contributed by atoms with Crippen LogP contribution < -0.4 is 0 Å². The number of pyridine rings is 1. The Balaban J connectivity index is 2.55. The lowest BCUT2D eigenvalue weighted by Crippen LogP contribution is -2.07. The molecular formula is C10H7N3O4. The number of aromatic nitrogens is 3. The highest BCUT2D eigenvalue weighted by Crippen LogP contribution is 2.17. The summed E-state index contributed by atoms with van der Waals surface area (Å²) in [6.45, 7) is 0. The van der Waals surface area contributed by atoms with E-state index in [-0.39, 0.29) is 5.82 Å². The van der Waals surface area contributed by atoms with E-state index in [2.05, 4.69) is 15.0 Å². The van der Waals surface area contributed by atoms with Crippen molar-refractivity contribution in [3.05, 3.63) is 35.9 Å². The molecule has 0 fully saturated rings. The van der Waals surface area contributed by atoms with Crippen molar-refractivity contribution in [3.8, 4) is 11.4 Å². The van der Waals surface area contributed by atoms with Gasteiger partial charge in [0.1, 0.15) is 5.82 Å². The fourth-order valence-corrected chi connectivity index (χ4v) is 1.33. The third-order valence-electron chi connectivity index (χ3n) is 2.07. The SMILES string of the molecule is O=C(O)c1nc(-c2ccncc2)[nH]c1C(=O)O. The molecule has 0 saturated carbocycles. The third-order valence-corrected chi connectivity index (χ3v) is 2.07. The van der Waals surface area contributed by atoms with E-state index in [1.54, 1.807) is 12.1 Å². The summed E-state index contributed by atoms with van der Waals surface area (Å²) < 4.78 is 0. The van der Waals surface area contributed by atoms with Crippen LogP contribution in [0.3, 0.4) is 0 Å². The first-order valence-corrected chi connectivity index (χ1v) is 4.56. The van der Waals surface area contributed by atoms with Crippen molar-refractivity contribution >= 4 is 11.9 Å².